The highest BCUT2D eigenvalue weighted by atomic mass is 19.1. The Morgan fingerprint density at radius 2 is 1.95 bits per heavy atom. The molecular formula is C14H19FO4. The highest BCUT2D eigenvalue weighted by Crippen LogP contribution is 2.18. The molecule has 0 aliphatic carbocycles. The molecule has 0 aliphatic rings. The minimum atomic E-state index is -0.547. The summed E-state index contributed by atoms with van der Waals surface area (Å²) in [5.41, 5.74) is 0.284. The summed E-state index contributed by atoms with van der Waals surface area (Å²) in [7, 11) is 0. The van der Waals surface area contributed by atoms with E-state index in [0.29, 0.717) is 25.9 Å². The Balaban J connectivity index is 2.45. The van der Waals surface area contributed by atoms with Gasteiger partial charge in [0.15, 0.2) is 17.9 Å². The summed E-state index contributed by atoms with van der Waals surface area (Å²) in [4.78, 5) is 10.5. The van der Waals surface area contributed by atoms with Crippen molar-refractivity contribution in [3.8, 4) is 5.75 Å². The number of hydrogen-bond donors (Lipinski definition) is 0. The molecule has 1 aromatic carbocycles. The van der Waals surface area contributed by atoms with E-state index in [2.05, 4.69) is 0 Å². The molecular weight excluding hydrogens is 251 g/mol. The van der Waals surface area contributed by atoms with Gasteiger partial charge >= 0.3 is 0 Å². The normalized spacial score (nSPS) is 10.7. The molecule has 106 valence electrons. The van der Waals surface area contributed by atoms with Crippen molar-refractivity contribution in [1.29, 1.82) is 0 Å². The third kappa shape index (κ3) is 5.36. The van der Waals surface area contributed by atoms with Gasteiger partial charge in [-0.15, -0.1) is 0 Å². The fourth-order valence-electron chi connectivity index (χ4n) is 1.56. The number of ether oxygens (including phenoxy) is 3. The zero-order valence-electron chi connectivity index (χ0n) is 11.2. The summed E-state index contributed by atoms with van der Waals surface area (Å²) in [6.45, 7) is 5.14. The van der Waals surface area contributed by atoms with E-state index < -0.39 is 5.82 Å². The van der Waals surface area contributed by atoms with Crippen LogP contribution in [-0.2, 0) is 9.47 Å². The lowest BCUT2D eigenvalue weighted by molar-refractivity contribution is -0.142. The fraction of sp³-hybridized carbons (Fsp3) is 0.500. The maximum Gasteiger partial charge on any atom is 0.165 e. The van der Waals surface area contributed by atoms with Gasteiger partial charge in [0.1, 0.15) is 6.29 Å². The molecule has 4 nitrogen and oxygen atoms in total. The highest BCUT2D eigenvalue weighted by Gasteiger charge is 2.09. The van der Waals surface area contributed by atoms with Gasteiger partial charge < -0.3 is 14.2 Å². The van der Waals surface area contributed by atoms with Crippen LogP contribution in [0.1, 0.15) is 30.6 Å². The maximum absolute atomic E-state index is 13.5. The lowest BCUT2D eigenvalue weighted by atomic mass is 10.2. The van der Waals surface area contributed by atoms with Crippen LogP contribution in [-0.4, -0.2) is 32.4 Å². The Kier molecular flexibility index (Phi) is 7.07. The Morgan fingerprint density at radius 1 is 1.26 bits per heavy atom. The molecule has 0 saturated carbocycles. The Morgan fingerprint density at radius 3 is 2.47 bits per heavy atom. The number of aldehydes is 1. The molecule has 0 fully saturated rings. The first-order chi connectivity index (χ1) is 9.21. The predicted octanol–water partition coefficient (Wildman–Crippen LogP) is 2.81. The molecule has 0 saturated heterocycles. The van der Waals surface area contributed by atoms with Crippen LogP contribution in [0.25, 0.3) is 0 Å². The van der Waals surface area contributed by atoms with E-state index in [0.717, 1.165) is 6.07 Å². The first-order valence-electron chi connectivity index (χ1n) is 6.32. The molecule has 0 atom stereocenters. The summed E-state index contributed by atoms with van der Waals surface area (Å²) < 4.78 is 29.5. The van der Waals surface area contributed by atoms with Gasteiger partial charge in [-0.3, -0.25) is 4.79 Å². The van der Waals surface area contributed by atoms with Crippen LogP contribution in [0, 0.1) is 5.82 Å². The average Bonchev–Trinajstić information content (AvgIpc) is 2.41. The van der Waals surface area contributed by atoms with E-state index in [1.165, 1.54) is 12.1 Å². The number of halogens is 1. The lowest BCUT2D eigenvalue weighted by Crippen LogP contribution is -2.20. The Labute approximate surface area is 112 Å². The number of carbonyl (C=O) groups excluding carboxylic acids is 1. The Hall–Kier alpha value is -1.46. The van der Waals surface area contributed by atoms with Crippen LogP contribution >= 0.6 is 0 Å². The Bertz CT molecular complexity index is 389. The lowest BCUT2D eigenvalue weighted by Gasteiger charge is -2.17. The van der Waals surface area contributed by atoms with Crippen LogP contribution in [0.2, 0.25) is 0 Å². The van der Waals surface area contributed by atoms with E-state index in [1.807, 2.05) is 13.8 Å². The molecule has 0 aliphatic heterocycles. The van der Waals surface area contributed by atoms with Crippen LogP contribution in [0.5, 0.6) is 5.75 Å². The SMILES string of the molecule is CCOC(CCOc1ccc(C=O)cc1F)OCC. The molecule has 5 heteroatoms. The summed E-state index contributed by atoms with van der Waals surface area (Å²) in [6, 6.07) is 4.09. The third-order valence-electron chi connectivity index (χ3n) is 2.41. The van der Waals surface area contributed by atoms with Gasteiger partial charge in [-0.2, -0.15) is 0 Å². The minimum Gasteiger partial charge on any atom is -0.490 e. The van der Waals surface area contributed by atoms with Crippen molar-refractivity contribution in [1.82, 2.24) is 0 Å². The summed E-state index contributed by atoms with van der Waals surface area (Å²) in [5, 5.41) is 0. The number of benzene rings is 1. The van der Waals surface area contributed by atoms with E-state index in [1.54, 1.807) is 0 Å². The first kappa shape index (κ1) is 15.6. The van der Waals surface area contributed by atoms with Crippen LogP contribution in [0.15, 0.2) is 18.2 Å². The van der Waals surface area contributed by atoms with Crippen molar-refractivity contribution >= 4 is 6.29 Å². The van der Waals surface area contributed by atoms with Crippen molar-refractivity contribution in [2.45, 2.75) is 26.6 Å². The van der Waals surface area contributed by atoms with Crippen molar-refractivity contribution < 1.29 is 23.4 Å². The zero-order chi connectivity index (χ0) is 14.1. The van der Waals surface area contributed by atoms with Gasteiger partial charge in [0, 0.05) is 25.2 Å². The van der Waals surface area contributed by atoms with Crippen molar-refractivity contribution in [2.24, 2.45) is 0 Å². The second-order valence-corrected chi connectivity index (χ2v) is 3.79. The molecule has 1 aromatic rings. The van der Waals surface area contributed by atoms with Gasteiger partial charge in [0.05, 0.1) is 6.61 Å². The summed E-state index contributed by atoms with van der Waals surface area (Å²) in [5.74, 6) is -0.425. The van der Waals surface area contributed by atoms with Crippen LogP contribution in [0.4, 0.5) is 4.39 Å². The monoisotopic (exact) mass is 270 g/mol. The molecule has 1 rings (SSSR count). The second kappa shape index (κ2) is 8.61. The molecule has 0 heterocycles. The van der Waals surface area contributed by atoms with E-state index >= 15 is 0 Å². The van der Waals surface area contributed by atoms with E-state index in [9.17, 15) is 9.18 Å². The number of hydrogen-bond acceptors (Lipinski definition) is 4. The quantitative estimate of drug-likeness (QED) is 0.511. The van der Waals surface area contributed by atoms with Gasteiger partial charge in [-0.05, 0) is 32.0 Å². The highest BCUT2D eigenvalue weighted by molar-refractivity contribution is 5.74. The van der Waals surface area contributed by atoms with Gasteiger partial charge in [-0.25, -0.2) is 4.39 Å². The average molecular weight is 270 g/mol. The summed E-state index contributed by atoms with van der Waals surface area (Å²) in [6.07, 6.45) is 0.760. The smallest absolute Gasteiger partial charge is 0.165 e. The van der Waals surface area contributed by atoms with Gasteiger partial charge in [-0.1, -0.05) is 0 Å². The van der Waals surface area contributed by atoms with E-state index in [-0.39, 0.29) is 24.2 Å². The molecule has 0 amide bonds. The van der Waals surface area contributed by atoms with Crippen molar-refractivity contribution in [3.05, 3.63) is 29.6 Å². The van der Waals surface area contributed by atoms with E-state index in [4.69, 9.17) is 14.2 Å². The minimum absolute atomic E-state index is 0.123. The van der Waals surface area contributed by atoms with Gasteiger partial charge in [0.25, 0.3) is 0 Å². The molecule has 0 spiro atoms. The van der Waals surface area contributed by atoms with Crippen LogP contribution in [0.3, 0.4) is 0 Å². The zero-order valence-corrected chi connectivity index (χ0v) is 11.2. The molecule has 0 radical (unpaired) electrons. The predicted molar refractivity (Wildman–Crippen MR) is 68.9 cm³/mol. The standard InChI is InChI=1S/C14H19FO4/c1-3-17-14(18-4-2)7-8-19-13-6-5-11(10-16)9-12(13)15/h5-6,9-10,14H,3-4,7-8H2,1-2H3. The van der Waals surface area contributed by atoms with Gasteiger partial charge in [0.2, 0.25) is 0 Å². The first-order valence-corrected chi connectivity index (χ1v) is 6.32. The largest absolute Gasteiger partial charge is 0.490 e. The summed E-state index contributed by atoms with van der Waals surface area (Å²) >= 11 is 0. The molecule has 0 N–H and O–H groups in total. The topological polar surface area (TPSA) is 44.8 Å². The fourth-order valence-corrected chi connectivity index (χ4v) is 1.56. The van der Waals surface area contributed by atoms with Crippen molar-refractivity contribution in [2.75, 3.05) is 19.8 Å². The number of rotatable bonds is 9. The van der Waals surface area contributed by atoms with Crippen LogP contribution < -0.4 is 4.74 Å². The third-order valence-corrected chi connectivity index (χ3v) is 2.41. The maximum atomic E-state index is 13.5. The second-order valence-electron chi connectivity index (χ2n) is 3.79. The molecule has 19 heavy (non-hydrogen) atoms. The molecule has 0 aromatic heterocycles. The van der Waals surface area contributed by atoms with Crippen molar-refractivity contribution in [3.63, 3.8) is 0 Å². The number of carbonyl (C=O) groups is 1. The molecule has 0 unspecified atom stereocenters. The molecule has 0 bridgehead atoms.